The molecule has 4 nitrogen and oxygen atoms in total. The fourth-order valence-electron chi connectivity index (χ4n) is 2.19. The van der Waals surface area contributed by atoms with Crippen LogP contribution in [0, 0.1) is 12.8 Å². The number of carbonyl (C=O) groups is 1. The number of methoxy groups -OCH3 is 1. The van der Waals surface area contributed by atoms with Crippen LogP contribution in [0.3, 0.4) is 0 Å². The van der Waals surface area contributed by atoms with Crippen molar-refractivity contribution in [1.29, 1.82) is 0 Å². The molecule has 1 fully saturated rings. The number of hydrogen-bond acceptors (Lipinski definition) is 3. The minimum absolute atomic E-state index is 0.0884. The fourth-order valence-corrected chi connectivity index (χ4v) is 2.35. The smallest absolute Gasteiger partial charge is 0.227 e. The van der Waals surface area contributed by atoms with Gasteiger partial charge < -0.3 is 15.4 Å². The molecular formula is C13H17ClN2O2. The predicted molar refractivity (Wildman–Crippen MR) is 72.3 cm³/mol. The number of halogens is 1. The van der Waals surface area contributed by atoms with Gasteiger partial charge in [-0.25, -0.2) is 0 Å². The van der Waals surface area contributed by atoms with E-state index in [9.17, 15) is 4.79 Å². The highest BCUT2D eigenvalue weighted by atomic mass is 35.5. The highest BCUT2D eigenvalue weighted by Crippen LogP contribution is 2.36. The second-order valence-electron chi connectivity index (χ2n) is 4.58. The summed E-state index contributed by atoms with van der Waals surface area (Å²) in [6.07, 6.45) is 0.501. The molecule has 2 N–H and O–H groups in total. The highest BCUT2D eigenvalue weighted by Gasteiger charge is 2.31. The zero-order valence-electron chi connectivity index (χ0n) is 10.6. The Balaban J connectivity index is 2.38. The summed E-state index contributed by atoms with van der Waals surface area (Å²) in [4.78, 5) is 13.7. The van der Waals surface area contributed by atoms with E-state index in [1.807, 2.05) is 13.0 Å². The Labute approximate surface area is 112 Å². The maximum Gasteiger partial charge on any atom is 0.227 e. The SMILES string of the molecule is COc1cc(Cl)c(C)cc1N1CC(CN)CC1=O. The molecule has 0 saturated carbocycles. The first-order valence-electron chi connectivity index (χ1n) is 5.91. The molecular weight excluding hydrogens is 252 g/mol. The summed E-state index contributed by atoms with van der Waals surface area (Å²) in [5.74, 6) is 0.931. The van der Waals surface area contributed by atoms with E-state index in [0.29, 0.717) is 30.3 Å². The molecule has 0 spiro atoms. The number of hydrogen-bond donors (Lipinski definition) is 1. The molecule has 0 radical (unpaired) electrons. The molecule has 98 valence electrons. The normalized spacial score (nSPS) is 19.4. The number of aryl methyl sites for hydroxylation is 1. The van der Waals surface area contributed by atoms with Gasteiger partial charge in [-0.05, 0) is 31.0 Å². The van der Waals surface area contributed by atoms with Gasteiger partial charge in [0.15, 0.2) is 0 Å². The molecule has 1 aliphatic heterocycles. The van der Waals surface area contributed by atoms with Crippen molar-refractivity contribution in [1.82, 2.24) is 0 Å². The lowest BCUT2D eigenvalue weighted by Crippen LogP contribution is -2.26. The molecule has 0 aromatic heterocycles. The Morgan fingerprint density at radius 2 is 2.28 bits per heavy atom. The Bertz CT molecular complexity index is 476. The first-order valence-corrected chi connectivity index (χ1v) is 6.29. The molecule has 1 unspecified atom stereocenters. The molecule has 5 heteroatoms. The highest BCUT2D eigenvalue weighted by molar-refractivity contribution is 6.31. The zero-order chi connectivity index (χ0) is 13.3. The van der Waals surface area contributed by atoms with E-state index in [2.05, 4.69) is 0 Å². The number of anilines is 1. The third-order valence-electron chi connectivity index (χ3n) is 3.29. The first-order chi connectivity index (χ1) is 8.56. The van der Waals surface area contributed by atoms with Crippen molar-refractivity contribution in [2.45, 2.75) is 13.3 Å². The first kappa shape index (κ1) is 13.2. The average Bonchev–Trinajstić information content (AvgIpc) is 2.73. The quantitative estimate of drug-likeness (QED) is 0.912. The number of nitrogens with two attached hydrogens (primary N) is 1. The van der Waals surface area contributed by atoms with Crippen LogP contribution in [-0.2, 0) is 4.79 Å². The van der Waals surface area contributed by atoms with Gasteiger partial charge in [-0.3, -0.25) is 4.79 Å². The molecule has 1 aromatic rings. The molecule has 1 aromatic carbocycles. The van der Waals surface area contributed by atoms with Gasteiger partial charge in [-0.15, -0.1) is 0 Å². The van der Waals surface area contributed by atoms with Gasteiger partial charge in [-0.2, -0.15) is 0 Å². The minimum atomic E-state index is 0.0884. The maximum atomic E-state index is 12.0. The third-order valence-corrected chi connectivity index (χ3v) is 3.70. The van der Waals surface area contributed by atoms with E-state index in [4.69, 9.17) is 22.1 Å². The predicted octanol–water partition coefficient (Wildman–Crippen LogP) is 1.97. The molecule has 1 aliphatic rings. The number of rotatable bonds is 3. The summed E-state index contributed by atoms with van der Waals surface area (Å²) >= 11 is 6.06. The third kappa shape index (κ3) is 2.31. The van der Waals surface area contributed by atoms with E-state index in [1.54, 1.807) is 18.1 Å². The number of nitrogens with zero attached hydrogens (tertiary/aromatic N) is 1. The van der Waals surface area contributed by atoms with Crippen molar-refractivity contribution >= 4 is 23.2 Å². The summed E-state index contributed by atoms with van der Waals surface area (Å²) in [6.45, 7) is 3.08. The van der Waals surface area contributed by atoms with Crippen LogP contribution in [0.4, 0.5) is 5.69 Å². The fraction of sp³-hybridized carbons (Fsp3) is 0.462. The topological polar surface area (TPSA) is 55.6 Å². The van der Waals surface area contributed by atoms with Crippen LogP contribution in [0.5, 0.6) is 5.75 Å². The van der Waals surface area contributed by atoms with Crippen molar-refractivity contribution in [2.75, 3.05) is 25.1 Å². The van der Waals surface area contributed by atoms with Crippen molar-refractivity contribution in [3.8, 4) is 5.75 Å². The van der Waals surface area contributed by atoms with Crippen LogP contribution in [0.2, 0.25) is 5.02 Å². The molecule has 1 amide bonds. The lowest BCUT2D eigenvalue weighted by Gasteiger charge is -2.20. The second kappa shape index (κ2) is 5.16. The average molecular weight is 269 g/mol. The molecule has 1 atom stereocenters. The standard InChI is InChI=1S/C13H17ClN2O2/c1-8-3-11(12(18-2)5-10(8)14)16-7-9(6-15)4-13(16)17/h3,5,9H,4,6-7,15H2,1-2H3. The molecule has 0 aliphatic carbocycles. The zero-order valence-corrected chi connectivity index (χ0v) is 11.3. The van der Waals surface area contributed by atoms with Gasteiger partial charge in [0.1, 0.15) is 5.75 Å². The largest absolute Gasteiger partial charge is 0.495 e. The van der Waals surface area contributed by atoms with E-state index in [0.717, 1.165) is 11.3 Å². The molecule has 1 heterocycles. The summed E-state index contributed by atoms with van der Waals surface area (Å²) in [6, 6.07) is 3.63. The molecule has 1 saturated heterocycles. The number of ether oxygens (including phenoxy) is 1. The van der Waals surface area contributed by atoms with Gasteiger partial charge in [-0.1, -0.05) is 11.6 Å². The van der Waals surface area contributed by atoms with E-state index in [-0.39, 0.29) is 11.8 Å². The Kier molecular flexibility index (Phi) is 3.78. The van der Waals surface area contributed by atoms with Crippen LogP contribution in [-0.4, -0.2) is 26.1 Å². The van der Waals surface area contributed by atoms with Crippen LogP contribution in [0.25, 0.3) is 0 Å². The summed E-state index contributed by atoms with van der Waals surface area (Å²) < 4.78 is 5.30. The van der Waals surface area contributed by atoms with Gasteiger partial charge in [0, 0.05) is 24.1 Å². The number of amides is 1. The minimum Gasteiger partial charge on any atom is -0.495 e. The van der Waals surface area contributed by atoms with Gasteiger partial charge >= 0.3 is 0 Å². The van der Waals surface area contributed by atoms with Gasteiger partial charge in [0.2, 0.25) is 5.91 Å². The van der Waals surface area contributed by atoms with Crippen molar-refractivity contribution in [3.05, 3.63) is 22.7 Å². The van der Waals surface area contributed by atoms with Crippen molar-refractivity contribution < 1.29 is 9.53 Å². The van der Waals surface area contributed by atoms with E-state index in [1.165, 1.54) is 0 Å². The van der Waals surface area contributed by atoms with Crippen LogP contribution in [0.15, 0.2) is 12.1 Å². The molecule has 18 heavy (non-hydrogen) atoms. The monoisotopic (exact) mass is 268 g/mol. The molecule has 0 bridgehead atoms. The van der Waals surface area contributed by atoms with Crippen molar-refractivity contribution in [2.24, 2.45) is 11.7 Å². The Hall–Kier alpha value is -1.26. The molecule has 2 rings (SSSR count). The van der Waals surface area contributed by atoms with Crippen molar-refractivity contribution in [3.63, 3.8) is 0 Å². The Morgan fingerprint density at radius 1 is 1.56 bits per heavy atom. The lowest BCUT2D eigenvalue weighted by molar-refractivity contribution is -0.117. The van der Waals surface area contributed by atoms with Crippen LogP contribution >= 0.6 is 11.6 Å². The number of carbonyl (C=O) groups excluding carboxylic acids is 1. The van der Waals surface area contributed by atoms with Crippen LogP contribution in [0.1, 0.15) is 12.0 Å². The Morgan fingerprint density at radius 3 is 2.83 bits per heavy atom. The summed E-state index contributed by atoms with van der Waals surface area (Å²) in [5, 5.41) is 0.637. The summed E-state index contributed by atoms with van der Waals surface area (Å²) in [5.41, 5.74) is 7.34. The van der Waals surface area contributed by atoms with Gasteiger partial charge in [0.25, 0.3) is 0 Å². The lowest BCUT2D eigenvalue weighted by atomic mass is 10.1. The maximum absolute atomic E-state index is 12.0. The van der Waals surface area contributed by atoms with Crippen LogP contribution < -0.4 is 15.4 Å². The van der Waals surface area contributed by atoms with Gasteiger partial charge in [0.05, 0.1) is 12.8 Å². The summed E-state index contributed by atoms with van der Waals surface area (Å²) in [7, 11) is 1.57. The second-order valence-corrected chi connectivity index (χ2v) is 4.99. The van der Waals surface area contributed by atoms with E-state index >= 15 is 0 Å². The number of benzene rings is 1. The van der Waals surface area contributed by atoms with E-state index < -0.39 is 0 Å².